The Hall–Kier alpha value is -2.05. The molecular formula is C19H22O6. The molecule has 0 amide bonds. The first-order valence-corrected chi connectivity index (χ1v) is 8.48. The maximum atomic E-state index is 12.1. The third-order valence-electron chi connectivity index (χ3n) is 5.53. The van der Waals surface area contributed by atoms with Gasteiger partial charge in [-0.1, -0.05) is 0 Å². The molecular weight excluding hydrogens is 324 g/mol. The van der Waals surface area contributed by atoms with Gasteiger partial charge in [-0.15, -0.1) is 0 Å². The molecule has 1 aromatic rings. The van der Waals surface area contributed by atoms with E-state index in [1.54, 1.807) is 27.4 Å². The number of fused-ring (bicyclic) bond motifs is 2. The van der Waals surface area contributed by atoms with Crippen LogP contribution in [0.1, 0.15) is 30.4 Å². The van der Waals surface area contributed by atoms with Crippen LogP contribution in [0.15, 0.2) is 17.7 Å². The molecule has 4 rings (SSSR count). The summed E-state index contributed by atoms with van der Waals surface area (Å²) >= 11 is 0. The molecule has 1 saturated heterocycles. The summed E-state index contributed by atoms with van der Waals surface area (Å²) in [5.74, 6) is 1.68. The number of rotatable bonds is 3. The van der Waals surface area contributed by atoms with Crippen molar-refractivity contribution in [2.24, 2.45) is 0 Å². The average molecular weight is 346 g/mol. The van der Waals surface area contributed by atoms with Gasteiger partial charge in [-0.05, 0) is 42.5 Å². The summed E-state index contributed by atoms with van der Waals surface area (Å²) in [6.07, 6.45) is 2.67. The van der Waals surface area contributed by atoms with Crippen LogP contribution < -0.4 is 14.2 Å². The summed E-state index contributed by atoms with van der Waals surface area (Å²) < 4.78 is 22.9. The maximum absolute atomic E-state index is 12.1. The molecule has 1 fully saturated rings. The smallest absolute Gasteiger partial charge is 0.203 e. The summed E-state index contributed by atoms with van der Waals surface area (Å²) in [7, 11) is 4.73. The Balaban J connectivity index is 2.01. The van der Waals surface area contributed by atoms with Crippen LogP contribution in [-0.4, -0.2) is 44.4 Å². The van der Waals surface area contributed by atoms with Crippen molar-refractivity contribution < 1.29 is 28.8 Å². The summed E-state index contributed by atoms with van der Waals surface area (Å²) in [6, 6.07) is 1.92. The minimum Gasteiger partial charge on any atom is -0.493 e. The maximum Gasteiger partial charge on any atom is 0.203 e. The highest BCUT2D eigenvalue weighted by molar-refractivity contribution is 5.88. The van der Waals surface area contributed by atoms with Gasteiger partial charge in [0.2, 0.25) is 5.75 Å². The monoisotopic (exact) mass is 346 g/mol. The molecule has 25 heavy (non-hydrogen) atoms. The molecule has 0 aromatic heterocycles. The second-order valence-corrected chi connectivity index (χ2v) is 6.69. The lowest BCUT2D eigenvalue weighted by Gasteiger charge is -2.38. The third kappa shape index (κ3) is 2.14. The highest BCUT2D eigenvalue weighted by atomic mass is 16.5. The molecule has 2 aliphatic heterocycles. The lowest BCUT2D eigenvalue weighted by Crippen LogP contribution is -2.40. The molecule has 6 heteroatoms. The molecule has 3 aliphatic rings. The van der Waals surface area contributed by atoms with Crippen LogP contribution >= 0.6 is 0 Å². The second-order valence-electron chi connectivity index (χ2n) is 6.69. The fourth-order valence-corrected chi connectivity index (χ4v) is 4.42. The normalized spacial score (nSPS) is 30.1. The standard InChI is InChI=1S/C19H22O6/c1-22-15-8-10-4-5-12(20)11-9-14-13(21)6-7-19(11,25-14)16(10)18(24-3)17(15)23-2/h8-9,12,14,20H,4-7H2,1-3H3/t12-,14-,19-/m0/s1. The van der Waals surface area contributed by atoms with E-state index in [0.717, 1.165) is 16.7 Å². The number of hydrogen-bond acceptors (Lipinski definition) is 6. The van der Waals surface area contributed by atoms with E-state index in [2.05, 4.69) is 0 Å². The number of aliphatic hydroxyl groups is 1. The molecule has 0 unspecified atom stereocenters. The van der Waals surface area contributed by atoms with Crippen LogP contribution in [0, 0.1) is 0 Å². The Morgan fingerprint density at radius 2 is 1.92 bits per heavy atom. The zero-order valence-corrected chi connectivity index (χ0v) is 14.6. The van der Waals surface area contributed by atoms with E-state index in [0.29, 0.717) is 42.9 Å². The Labute approximate surface area is 146 Å². The van der Waals surface area contributed by atoms with Gasteiger partial charge in [0, 0.05) is 12.0 Å². The number of ketones is 1. The Morgan fingerprint density at radius 1 is 1.16 bits per heavy atom. The van der Waals surface area contributed by atoms with E-state index in [-0.39, 0.29) is 5.78 Å². The van der Waals surface area contributed by atoms with Gasteiger partial charge in [-0.25, -0.2) is 0 Å². The summed E-state index contributed by atoms with van der Waals surface area (Å²) in [6.45, 7) is 0. The van der Waals surface area contributed by atoms with Crippen molar-refractivity contribution in [3.8, 4) is 17.2 Å². The van der Waals surface area contributed by atoms with Crippen molar-refractivity contribution in [3.63, 3.8) is 0 Å². The van der Waals surface area contributed by atoms with Gasteiger partial charge in [0.15, 0.2) is 17.3 Å². The van der Waals surface area contributed by atoms with E-state index >= 15 is 0 Å². The van der Waals surface area contributed by atoms with Crippen molar-refractivity contribution in [1.29, 1.82) is 0 Å². The summed E-state index contributed by atoms with van der Waals surface area (Å²) in [4.78, 5) is 12.1. The lowest BCUT2D eigenvalue weighted by atomic mass is 9.79. The van der Waals surface area contributed by atoms with E-state index < -0.39 is 17.8 Å². The first kappa shape index (κ1) is 16.4. The quantitative estimate of drug-likeness (QED) is 0.843. The Morgan fingerprint density at radius 3 is 2.60 bits per heavy atom. The molecule has 3 atom stereocenters. The first-order chi connectivity index (χ1) is 12.1. The first-order valence-electron chi connectivity index (χ1n) is 8.48. The number of ether oxygens (including phenoxy) is 4. The van der Waals surface area contributed by atoms with Crippen molar-refractivity contribution in [1.82, 2.24) is 0 Å². The average Bonchev–Trinajstić information content (AvgIpc) is 2.91. The van der Waals surface area contributed by atoms with Crippen LogP contribution in [-0.2, 0) is 21.6 Å². The van der Waals surface area contributed by atoms with E-state index in [9.17, 15) is 9.90 Å². The Bertz CT molecular complexity index is 768. The number of hydrogen-bond donors (Lipinski definition) is 1. The van der Waals surface area contributed by atoms with E-state index in [4.69, 9.17) is 18.9 Å². The lowest BCUT2D eigenvalue weighted by molar-refractivity contribution is -0.145. The van der Waals surface area contributed by atoms with Gasteiger partial charge >= 0.3 is 0 Å². The molecule has 2 bridgehead atoms. The number of carbonyl (C=O) groups excluding carboxylic acids is 1. The number of methoxy groups -OCH3 is 3. The number of benzene rings is 1. The molecule has 1 spiro atoms. The van der Waals surface area contributed by atoms with Crippen molar-refractivity contribution in [2.45, 2.75) is 43.5 Å². The highest BCUT2D eigenvalue weighted by Gasteiger charge is 2.55. The largest absolute Gasteiger partial charge is 0.493 e. The van der Waals surface area contributed by atoms with Crippen molar-refractivity contribution in [3.05, 3.63) is 28.8 Å². The fourth-order valence-electron chi connectivity index (χ4n) is 4.42. The number of aryl methyl sites for hydroxylation is 1. The zero-order chi connectivity index (χ0) is 17.8. The SMILES string of the molecule is COc1cc2c(c(OC)c1OC)[C@]13CCC(=O)[C@H](C=C1[C@@H](O)CC2)O3. The predicted octanol–water partition coefficient (Wildman–Crippen LogP) is 1.90. The van der Waals surface area contributed by atoms with Gasteiger partial charge in [0.1, 0.15) is 11.7 Å². The van der Waals surface area contributed by atoms with E-state index in [1.807, 2.05) is 6.07 Å². The molecule has 1 N–H and O–H groups in total. The number of Topliss-reactive ketones (excluding diaryl/α,β-unsaturated/α-hetero) is 1. The minimum atomic E-state index is -0.839. The van der Waals surface area contributed by atoms with Crippen LogP contribution in [0.3, 0.4) is 0 Å². The number of aliphatic hydroxyl groups excluding tert-OH is 1. The Kier molecular flexibility index (Phi) is 3.77. The second kappa shape index (κ2) is 5.75. The van der Waals surface area contributed by atoms with Gasteiger partial charge in [0.25, 0.3) is 0 Å². The highest BCUT2D eigenvalue weighted by Crippen LogP contribution is 2.57. The minimum absolute atomic E-state index is 0.0550. The van der Waals surface area contributed by atoms with Crippen molar-refractivity contribution >= 4 is 5.78 Å². The van der Waals surface area contributed by atoms with E-state index in [1.165, 1.54) is 0 Å². The molecule has 0 saturated carbocycles. The van der Waals surface area contributed by atoms with Crippen LogP contribution in [0.25, 0.3) is 0 Å². The molecule has 1 aromatic carbocycles. The molecule has 6 nitrogen and oxygen atoms in total. The summed E-state index contributed by atoms with van der Waals surface area (Å²) in [5, 5.41) is 10.7. The summed E-state index contributed by atoms with van der Waals surface area (Å²) in [5.41, 5.74) is 1.78. The van der Waals surface area contributed by atoms with Crippen LogP contribution in [0.5, 0.6) is 17.2 Å². The third-order valence-corrected chi connectivity index (χ3v) is 5.53. The zero-order valence-electron chi connectivity index (χ0n) is 14.6. The van der Waals surface area contributed by atoms with Crippen LogP contribution in [0.4, 0.5) is 0 Å². The molecule has 0 radical (unpaired) electrons. The van der Waals surface area contributed by atoms with Gasteiger partial charge in [-0.3, -0.25) is 4.79 Å². The fraction of sp³-hybridized carbons (Fsp3) is 0.526. The van der Waals surface area contributed by atoms with Gasteiger partial charge < -0.3 is 24.1 Å². The number of carbonyl (C=O) groups is 1. The molecule has 1 aliphatic carbocycles. The van der Waals surface area contributed by atoms with Crippen LogP contribution in [0.2, 0.25) is 0 Å². The van der Waals surface area contributed by atoms with Crippen molar-refractivity contribution in [2.75, 3.05) is 21.3 Å². The molecule has 134 valence electrons. The topological polar surface area (TPSA) is 74.2 Å². The van der Waals surface area contributed by atoms with Gasteiger partial charge in [-0.2, -0.15) is 0 Å². The van der Waals surface area contributed by atoms with Gasteiger partial charge in [0.05, 0.1) is 27.4 Å². The predicted molar refractivity (Wildman–Crippen MR) is 89.3 cm³/mol. The molecule has 2 heterocycles.